The summed E-state index contributed by atoms with van der Waals surface area (Å²) >= 11 is 0. The quantitative estimate of drug-likeness (QED) is 0.360. The van der Waals surface area contributed by atoms with Gasteiger partial charge in [-0.2, -0.15) is 13.2 Å². The lowest BCUT2D eigenvalue weighted by Crippen LogP contribution is -2.56. The van der Waals surface area contributed by atoms with E-state index in [0.717, 1.165) is 33.3 Å². The summed E-state index contributed by atoms with van der Waals surface area (Å²) in [5.41, 5.74) is 3.25. The number of aromatic nitrogens is 1. The number of benzene rings is 2. The smallest absolute Gasteiger partial charge is 0.391 e. The number of nitrogens with one attached hydrogen (secondary N) is 2. The number of rotatable bonds is 7. The fourth-order valence-corrected chi connectivity index (χ4v) is 6.91. The molecule has 1 amide bonds. The summed E-state index contributed by atoms with van der Waals surface area (Å²) in [6.45, 7) is 3.79. The average molecular weight is 572 g/mol. The van der Waals surface area contributed by atoms with E-state index in [2.05, 4.69) is 15.2 Å². The molecule has 2 aliphatic heterocycles. The third-order valence-corrected chi connectivity index (χ3v) is 9.39. The molecule has 3 heterocycles. The molecular formula is C31H36F3N3O4. The number of aliphatic hydroxyl groups is 1. The highest BCUT2D eigenvalue weighted by Crippen LogP contribution is 2.60. The molecule has 1 spiro atoms. The number of likely N-dealkylation sites (tertiary alicyclic amines) is 1. The Labute approximate surface area is 237 Å². The van der Waals surface area contributed by atoms with Crippen molar-refractivity contribution in [2.45, 2.75) is 57.0 Å². The van der Waals surface area contributed by atoms with E-state index in [1.165, 1.54) is 0 Å². The van der Waals surface area contributed by atoms with Crippen molar-refractivity contribution in [1.29, 1.82) is 0 Å². The molecule has 1 aromatic heterocycles. The van der Waals surface area contributed by atoms with E-state index in [-0.39, 0.29) is 50.0 Å². The van der Waals surface area contributed by atoms with Gasteiger partial charge in [-0.05, 0) is 80.0 Å². The second kappa shape index (κ2) is 10.3. The van der Waals surface area contributed by atoms with Crippen LogP contribution in [0, 0.1) is 18.3 Å². The largest absolute Gasteiger partial charge is 0.496 e. The number of hydrogen-bond donors (Lipinski definition) is 3. The van der Waals surface area contributed by atoms with Crippen LogP contribution in [0.3, 0.4) is 0 Å². The third-order valence-electron chi connectivity index (χ3n) is 9.39. The SMILES string of the molecule is COc1cc(C)c2[nH]ccc2c1CN1CCC2(CC1c1ccc(C(=O)NCC3(O)COC3)cc1)CC(C(F)(F)F)C2. The van der Waals surface area contributed by atoms with E-state index < -0.39 is 17.7 Å². The van der Waals surface area contributed by atoms with Crippen molar-refractivity contribution < 1.29 is 32.5 Å². The first-order valence-electron chi connectivity index (χ1n) is 14.1. The number of aromatic amines is 1. The number of amides is 1. The number of nitrogens with zero attached hydrogens (tertiary/aromatic N) is 1. The number of hydrogen-bond acceptors (Lipinski definition) is 5. The summed E-state index contributed by atoms with van der Waals surface area (Å²) in [5, 5.41) is 14.0. The lowest BCUT2D eigenvalue weighted by molar-refractivity contribution is -0.230. The first-order chi connectivity index (χ1) is 19.5. The minimum absolute atomic E-state index is 0.108. The van der Waals surface area contributed by atoms with Crippen molar-refractivity contribution in [2.24, 2.45) is 11.3 Å². The topological polar surface area (TPSA) is 86.8 Å². The molecule has 220 valence electrons. The number of methoxy groups -OCH3 is 1. The zero-order valence-corrected chi connectivity index (χ0v) is 23.3. The van der Waals surface area contributed by atoms with Crippen LogP contribution in [-0.2, 0) is 11.3 Å². The predicted octanol–water partition coefficient (Wildman–Crippen LogP) is 5.27. The fourth-order valence-electron chi connectivity index (χ4n) is 6.91. The fraction of sp³-hybridized carbons (Fsp3) is 0.516. The minimum Gasteiger partial charge on any atom is -0.496 e. The van der Waals surface area contributed by atoms with E-state index in [0.29, 0.717) is 31.5 Å². The Morgan fingerprint density at radius 3 is 2.56 bits per heavy atom. The Hall–Kier alpha value is -3.08. The van der Waals surface area contributed by atoms with Crippen LogP contribution in [0.15, 0.2) is 42.6 Å². The second-order valence-electron chi connectivity index (χ2n) is 12.2. The van der Waals surface area contributed by atoms with Crippen molar-refractivity contribution in [3.63, 3.8) is 0 Å². The average Bonchev–Trinajstić information content (AvgIpc) is 3.41. The Morgan fingerprint density at radius 2 is 1.93 bits per heavy atom. The molecule has 0 bridgehead atoms. The molecule has 0 radical (unpaired) electrons. The maximum absolute atomic E-state index is 13.5. The molecule has 1 unspecified atom stereocenters. The molecule has 2 aromatic carbocycles. The molecule has 3 N–H and O–H groups in total. The Balaban J connectivity index is 1.26. The monoisotopic (exact) mass is 571 g/mol. The van der Waals surface area contributed by atoms with Gasteiger partial charge in [0, 0.05) is 40.8 Å². The normalized spacial score (nSPS) is 26.0. The number of alkyl halides is 3. The second-order valence-corrected chi connectivity index (χ2v) is 12.2. The summed E-state index contributed by atoms with van der Waals surface area (Å²) in [5.74, 6) is -0.728. The first-order valence-corrected chi connectivity index (χ1v) is 14.1. The lowest BCUT2D eigenvalue weighted by Gasteiger charge is -2.55. The van der Waals surface area contributed by atoms with Crippen LogP contribution in [0.5, 0.6) is 5.75 Å². The van der Waals surface area contributed by atoms with E-state index >= 15 is 0 Å². The van der Waals surface area contributed by atoms with Gasteiger partial charge in [-0.15, -0.1) is 0 Å². The summed E-state index contributed by atoms with van der Waals surface area (Å²) in [6, 6.07) is 11.3. The van der Waals surface area contributed by atoms with Crippen LogP contribution in [0.4, 0.5) is 13.2 Å². The van der Waals surface area contributed by atoms with Gasteiger partial charge < -0.3 is 24.9 Å². The number of piperidine rings is 1. The molecule has 10 heteroatoms. The summed E-state index contributed by atoms with van der Waals surface area (Å²) in [7, 11) is 1.66. The van der Waals surface area contributed by atoms with Crippen LogP contribution in [0.25, 0.3) is 10.9 Å². The summed E-state index contributed by atoms with van der Waals surface area (Å²) < 4.78 is 51.2. The van der Waals surface area contributed by atoms with Crippen LogP contribution in [-0.4, -0.2) is 66.1 Å². The highest BCUT2D eigenvalue weighted by molar-refractivity contribution is 5.94. The van der Waals surface area contributed by atoms with Crippen LogP contribution in [0.1, 0.15) is 58.8 Å². The number of carbonyl (C=O) groups excluding carboxylic acids is 1. The van der Waals surface area contributed by atoms with Gasteiger partial charge in [0.2, 0.25) is 0 Å². The van der Waals surface area contributed by atoms with Gasteiger partial charge in [0.15, 0.2) is 0 Å². The summed E-state index contributed by atoms with van der Waals surface area (Å²) in [6.07, 6.45) is -0.555. The van der Waals surface area contributed by atoms with Gasteiger partial charge in [0.25, 0.3) is 5.91 Å². The zero-order valence-electron chi connectivity index (χ0n) is 23.3. The predicted molar refractivity (Wildman–Crippen MR) is 148 cm³/mol. The molecule has 3 aromatic rings. The number of carbonyl (C=O) groups is 1. The molecule has 6 rings (SSSR count). The number of halogens is 3. The maximum Gasteiger partial charge on any atom is 0.391 e. The van der Waals surface area contributed by atoms with Gasteiger partial charge in [0.1, 0.15) is 11.4 Å². The molecule has 1 atom stereocenters. The lowest BCUT2D eigenvalue weighted by atomic mass is 9.55. The van der Waals surface area contributed by atoms with Gasteiger partial charge in [-0.25, -0.2) is 0 Å². The van der Waals surface area contributed by atoms with Crippen molar-refractivity contribution >= 4 is 16.8 Å². The Bertz CT molecular complexity index is 1420. The van der Waals surface area contributed by atoms with E-state index in [4.69, 9.17) is 9.47 Å². The van der Waals surface area contributed by atoms with Crippen LogP contribution >= 0.6 is 0 Å². The zero-order chi connectivity index (χ0) is 29.0. The molecular weight excluding hydrogens is 535 g/mol. The van der Waals surface area contributed by atoms with E-state index in [9.17, 15) is 23.1 Å². The number of fused-ring (bicyclic) bond motifs is 1. The standard InChI is InChI=1S/C31H36F3N3O4/c1-19-11-26(40-2)24(23-7-9-35-27(19)23)15-37-10-8-29(12-22(13-29)31(32,33)34)14-25(37)20-3-5-21(6-4-20)28(38)36-16-30(39)17-41-18-30/h3-7,9,11,22,25,35,39H,8,10,12-18H2,1-2H3,(H,36,38). The maximum atomic E-state index is 13.5. The number of H-pyrrole nitrogens is 1. The van der Waals surface area contributed by atoms with E-state index in [1.807, 2.05) is 37.4 Å². The Morgan fingerprint density at radius 1 is 1.20 bits per heavy atom. The minimum atomic E-state index is -4.15. The molecule has 1 saturated carbocycles. The summed E-state index contributed by atoms with van der Waals surface area (Å²) in [4.78, 5) is 18.4. The highest BCUT2D eigenvalue weighted by Gasteiger charge is 2.57. The van der Waals surface area contributed by atoms with Crippen molar-refractivity contribution in [2.75, 3.05) is 33.4 Å². The molecule has 3 aliphatic rings. The van der Waals surface area contributed by atoms with E-state index in [1.54, 1.807) is 19.2 Å². The molecule has 41 heavy (non-hydrogen) atoms. The van der Waals surface area contributed by atoms with Crippen molar-refractivity contribution in [3.8, 4) is 5.75 Å². The van der Waals surface area contributed by atoms with Gasteiger partial charge >= 0.3 is 6.18 Å². The van der Waals surface area contributed by atoms with Crippen molar-refractivity contribution in [3.05, 3.63) is 64.8 Å². The molecule has 2 saturated heterocycles. The number of aryl methyl sites for hydroxylation is 1. The first kappa shape index (κ1) is 28.1. The molecule has 3 fully saturated rings. The van der Waals surface area contributed by atoms with Gasteiger partial charge in [-0.1, -0.05) is 12.1 Å². The molecule has 1 aliphatic carbocycles. The van der Waals surface area contributed by atoms with Crippen LogP contribution in [0.2, 0.25) is 0 Å². The molecule has 7 nitrogen and oxygen atoms in total. The Kier molecular flexibility index (Phi) is 7.07. The van der Waals surface area contributed by atoms with Crippen LogP contribution < -0.4 is 10.1 Å². The third kappa shape index (κ3) is 5.33. The van der Waals surface area contributed by atoms with Gasteiger partial charge in [-0.3, -0.25) is 9.69 Å². The van der Waals surface area contributed by atoms with Crippen molar-refractivity contribution in [1.82, 2.24) is 15.2 Å². The van der Waals surface area contributed by atoms with Gasteiger partial charge in [0.05, 0.1) is 32.8 Å². The number of ether oxygens (including phenoxy) is 2. The highest BCUT2D eigenvalue weighted by atomic mass is 19.4.